The van der Waals surface area contributed by atoms with Crippen molar-refractivity contribution in [1.82, 2.24) is 4.98 Å². The fourth-order valence-corrected chi connectivity index (χ4v) is 2.50. The number of carbonyl (C=O) groups excluding carboxylic acids is 1. The molecule has 7 nitrogen and oxygen atoms in total. The summed E-state index contributed by atoms with van der Waals surface area (Å²) in [7, 11) is 1.54. The number of ether oxygens (including phenoxy) is 2. The highest BCUT2D eigenvalue weighted by molar-refractivity contribution is 5.93. The van der Waals surface area contributed by atoms with Gasteiger partial charge in [0.15, 0.2) is 23.7 Å². The first-order chi connectivity index (χ1) is 12.6. The maximum Gasteiger partial charge on any atom is 0.417 e. The number of amides is 1. The molecule has 0 aliphatic rings. The van der Waals surface area contributed by atoms with Crippen LogP contribution in [-0.4, -0.2) is 24.6 Å². The Balaban J connectivity index is 1.64. The van der Waals surface area contributed by atoms with Gasteiger partial charge in [-0.3, -0.25) is 9.78 Å². The highest BCUT2D eigenvalue weighted by Gasteiger charge is 2.10. The van der Waals surface area contributed by atoms with Gasteiger partial charge in [0.05, 0.1) is 12.6 Å². The highest BCUT2D eigenvalue weighted by atomic mass is 16.5. The third kappa shape index (κ3) is 3.94. The van der Waals surface area contributed by atoms with Crippen LogP contribution >= 0.6 is 0 Å². The van der Waals surface area contributed by atoms with E-state index in [0.29, 0.717) is 28.3 Å². The minimum atomic E-state index is -0.543. The van der Waals surface area contributed by atoms with E-state index in [1.54, 1.807) is 37.5 Å². The standard InChI is InChI=1S/C19H18N2O5/c1-3-4-12-5-7-16(17(9-12)24-2)25-11-18(22)20-13-6-8-15-14(10-13)21-19(23)26-15/h3,5-10H,1,4,11H2,2H3,(H,20,22)(H,21,23). The number of aromatic nitrogens is 1. The Hall–Kier alpha value is -3.48. The molecule has 2 aromatic carbocycles. The molecule has 0 saturated carbocycles. The lowest BCUT2D eigenvalue weighted by Gasteiger charge is -2.12. The Labute approximate surface area is 149 Å². The molecular weight excluding hydrogens is 336 g/mol. The molecule has 0 bridgehead atoms. The van der Waals surface area contributed by atoms with Crippen LogP contribution in [0.1, 0.15) is 5.56 Å². The summed E-state index contributed by atoms with van der Waals surface area (Å²) in [6.07, 6.45) is 2.52. The van der Waals surface area contributed by atoms with Crippen molar-refractivity contribution in [1.29, 1.82) is 0 Å². The smallest absolute Gasteiger partial charge is 0.417 e. The van der Waals surface area contributed by atoms with Gasteiger partial charge < -0.3 is 19.2 Å². The quantitative estimate of drug-likeness (QED) is 0.636. The predicted molar refractivity (Wildman–Crippen MR) is 97.9 cm³/mol. The molecule has 3 aromatic rings. The number of fused-ring (bicyclic) bond motifs is 1. The molecule has 0 radical (unpaired) electrons. The van der Waals surface area contributed by atoms with Crippen LogP contribution in [0.2, 0.25) is 0 Å². The molecule has 0 aliphatic heterocycles. The fourth-order valence-electron chi connectivity index (χ4n) is 2.50. The minimum absolute atomic E-state index is 0.183. The van der Waals surface area contributed by atoms with Crippen molar-refractivity contribution in [2.45, 2.75) is 6.42 Å². The van der Waals surface area contributed by atoms with Gasteiger partial charge in [-0.05, 0) is 42.3 Å². The molecule has 0 fully saturated rings. The molecule has 26 heavy (non-hydrogen) atoms. The number of hydrogen-bond donors (Lipinski definition) is 2. The van der Waals surface area contributed by atoms with Crippen molar-refractivity contribution in [3.8, 4) is 11.5 Å². The lowest BCUT2D eigenvalue weighted by molar-refractivity contribution is -0.118. The molecule has 0 saturated heterocycles. The molecule has 7 heteroatoms. The summed E-state index contributed by atoms with van der Waals surface area (Å²) in [5.41, 5.74) is 2.49. The van der Waals surface area contributed by atoms with Crippen molar-refractivity contribution in [2.24, 2.45) is 0 Å². The summed E-state index contributed by atoms with van der Waals surface area (Å²) in [4.78, 5) is 25.8. The molecule has 0 atom stereocenters. The SMILES string of the molecule is C=CCc1ccc(OCC(=O)Nc2ccc3oc(=O)[nH]c3c2)c(OC)c1. The Morgan fingerprint density at radius 1 is 1.27 bits per heavy atom. The number of allylic oxidation sites excluding steroid dienone is 1. The van der Waals surface area contributed by atoms with Crippen molar-refractivity contribution in [3.05, 3.63) is 65.2 Å². The Morgan fingerprint density at radius 3 is 2.88 bits per heavy atom. The lowest BCUT2D eigenvalue weighted by atomic mass is 10.1. The lowest BCUT2D eigenvalue weighted by Crippen LogP contribution is -2.20. The van der Waals surface area contributed by atoms with Crippen molar-refractivity contribution >= 4 is 22.7 Å². The molecule has 3 rings (SSSR count). The molecule has 2 N–H and O–H groups in total. The number of nitrogens with one attached hydrogen (secondary N) is 2. The van der Waals surface area contributed by atoms with Gasteiger partial charge in [-0.1, -0.05) is 12.1 Å². The molecule has 0 unspecified atom stereocenters. The highest BCUT2D eigenvalue weighted by Crippen LogP contribution is 2.28. The van der Waals surface area contributed by atoms with Gasteiger partial charge in [0.2, 0.25) is 0 Å². The topological polar surface area (TPSA) is 93.6 Å². The van der Waals surface area contributed by atoms with Crippen LogP contribution in [0.4, 0.5) is 5.69 Å². The molecular formula is C19H18N2O5. The monoisotopic (exact) mass is 354 g/mol. The van der Waals surface area contributed by atoms with Crippen molar-refractivity contribution in [2.75, 3.05) is 19.0 Å². The van der Waals surface area contributed by atoms with E-state index < -0.39 is 5.76 Å². The van der Waals surface area contributed by atoms with E-state index in [0.717, 1.165) is 12.0 Å². The number of benzene rings is 2. The third-order valence-electron chi connectivity index (χ3n) is 3.67. The molecule has 1 amide bonds. The average Bonchev–Trinajstić information content (AvgIpc) is 3.00. The van der Waals surface area contributed by atoms with Gasteiger partial charge in [0.1, 0.15) is 0 Å². The van der Waals surface area contributed by atoms with Crippen LogP contribution in [0.25, 0.3) is 11.1 Å². The molecule has 1 heterocycles. The molecule has 0 aliphatic carbocycles. The van der Waals surface area contributed by atoms with Gasteiger partial charge >= 0.3 is 5.76 Å². The predicted octanol–water partition coefficient (Wildman–Crippen LogP) is 2.88. The number of H-pyrrole nitrogens is 1. The first-order valence-corrected chi connectivity index (χ1v) is 7.92. The molecule has 134 valence electrons. The Bertz CT molecular complexity index is 1000. The van der Waals surface area contributed by atoms with Gasteiger partial charge in [-0.25, -0.2) is 4.79 Å². The van der Waals surface area contributed by atoms with E-state index in [2.05, 4.69) is 16.9 Å². The fraction of sp³-hybridized carbons (Fsp3) is 0.158. The second kappa shape index (κ2) is 7.60. The Morgan fingerprint density at radius 2 is 2.12 bits per heavy atom. The second-order valence-corrected chi connectivity index (χ2v) is 5.54. The number of hydrogen-bond acceptors (Lipinski definition) is 5. The third-order valence-corrected chi connectivity index (χ3v) is 3.67. The summed E-state index contributed by atoms with van der Waals surface area (Å²) in [6, 6.07) is 10.3. The van der Waals surface area contributed by atoms with E-state index in [4.69, 9.17) is 13.9 Å². The summed E-state index contributed by atoms with van der Waals surface area (Å²) >= 11 is 0. The summed E-state index contributed by atoms with van der Waals surface area (Å²) < 4.78 is 15.8. The number of oxazole rings is 1. The average molecular weight is 354 g/mol. The zero-order chi connectivity index (χ0) is 18.5. The number of anilines is 1. The van der Waals surface area contributed by atoms with Gasteiger partial charge in [-0.2, -0.15) is 0 Å². The molecule has 1 aromatic heterocycles. The summed E-state index contributed by atoms with van der Waals surface area (Å²) in [5, 5.41) is 2.70. The minimum Gasteiger partial charge on any atom is -0.493 e. The maximum atomic E-state index is 12.1. The van der Waals surface area contributed by atoms with Gasteiger partial charge in [0.25, 0.3) is 5.91 Å². The van der Waals surface area contributed by atoms with Crippen LogP contribution in [0.15, 0.2) is 58.3 Å². The van der Waals surface area contributed by atoms with Crippen LogP contribution in [0.5, 0.6) is 11.5 Å². The number of rotatable bonds is 7. The van der Waals surface area contributed by atoms with Crippen LogP contribution in [-0.2, 0) is 11.2 Å². The second-order valence-electron chi connectivity index (χ2n) is 5.54. The number of aromatic amines is 1. The number of carbonyl (C=O) groups is 1. The number of methoxy groups -OCH3 is 1. The van der Waals surface area contributed by atoms with E-state index in [1.807, 2.05) is 12.1 Å². The van der Waals surface area contributed by atoms with E-state index in [9.17, 15) is 9.59 Å². The van der Waals surface area contributed by atoms with Crippen LogP contribution < -0.4 is 20.5 Å². The van der Waals surface area contributed by atoms with E-state index in [1.165, 1.54) is 0 Å². The normalized spacial score (nSPS) is 10.5. The molecule has 0 spiro atoms. The summed E-state index contributed by atoms with van der Waals surface area (Å²) in [5.74, 6) is 0.144. The van der Waals surface area contributed by atoms with E-state index >= 15 is 0 Å². The zero-order valence-electron chi connectivity index (χ0n) is 14.2. The zero-order valence-corrected chi connectivity index (χ0v) is 14.2. The van der Waals surface area contributed by atoms with Crippen LogP contribution in [0, 0.1) is 0 Å². The van der Waals surface area contributed by atoms with Crippen molar-refractivity contribution < 1.29 is 18.7 Å². The summed E-state index contributed by atoms with van der Waals surface area (Å²) in [6.45, 7) is 3.52. The van der Waals surface area contributed by atoms with E-state index in [-0.39, 0.29) is 12.5 Å². The van der Waals surface area contributed by atoms with Crippen LogP contribution in [0.3, 0.4) is 0 Å². The largest absolute Gasteiger partial charge is 0.493 e. The first kappa shape index (κ1) is 17.3. The van der Waals surface area contributed by atoms with Gasteiger partial charge in [-0.15, -0.1) is 6.58 Å². The first-order valence-electron chi connectivity index (χ1n) is 7.92. The van der Waals surface area contributed by atoms with Crippen molar-refractivity contribution in [3.63, 3.8) is 0 Å². The maximum absolute atomic E-state index is 12.1. The Kier molecular flexibility index (Phi) is 5.07. The van der Waals surface area contributed by atoms with Gasteiger partial charge in [0, 0.05) is 5.69 Å².